The second kappa shape index (κ2) is 11.0. The average molecular weight is 585 g/mol. The zero-order chi connectivity index (χ0) is 31.4. The fourth-order valence-corrected chi connectivity index (χ4v) is 6.37. The maximum atomic E-state index is 14.0. The van der Waals surface area contributed by atoms with Crippen molar-refractivity contribution in [1.29, 1.82) is 0 Å². The number of nitrogens with one attached hydrogen (secondary N) is 2. The molecule has 0 aromatic heterocycles. The molecule has 1 saturated carbocycles. The summed E-state index contributed by atoms with van der Waals surface area (Å²) < 4.78 is 0. The van der Waals surface area contributed by atoms with E-state index in [1.807, 2.05) is 19.9 Å². The molecule has 6 atom stereocenters. The lowest BCUT2D eigenvalue weighted by Gasteiger charge is -2.53. The van der Waals surface area contributed by atoms with E-state index < -0.39 is 87.3 Å². The van der Waals surface area contributed by atoms with Gasteiger partial charge in [-0.2, -0.15) is 0 Å². The Balaban J connectivity index is 1.83. The first-order chi connectivity index (χ1) is 19.6. The first-order valence-electron chi connectivity index (χ1n) is 13.4. The Morgan fingerprint density at radius 2 is 1.79 bits per heavy atom. The molecule has 0 aliphatic heterocycles. The van der Waals surface area contributed by atoms with Crippen molar-refractivity contribution < 1.29 is 44.7 Å². The number of aliphatic hydroxyl groups excluding tert-OH is 3. The molecular formula is C29H36N4O9. The van der Waals surface area contributed by atoms with E-state index >= 15 is 0 Å². The summed E-state index contributed by atoms with van der Waals surface area (Å²) in [5.74, 6) is -10.3. The van der Waals surface area contributed by atoms with Gasteiger partial charge in [-0.25, -0.2) is 0 Å². The van der Waals surface area contributed by atoms with Gasteiger partial charge >= 0.3 is 0 Å². The third-order valence-corrected chi connectivity index (χ3v) is 8.34. The van der Waals surface area contributed by atoms with Crippen LogP contribution in [-0.4, -0.2) is 98.7 Å². The van der Waals surface area contributed by atoms with Gasteiger partial charge in [-0.05, 0) is 45.5 Å². The Morgan fingerprint density at radius 3 is 2.36 bits per heavy atom. The Morgan fingerprint density at radius 1 is 1.14 bits per heavy atom. The Hall–Kier alpha value is -4.04. The summed E-state index contributed by atoms with van der Waals surface area (Å²) in [5.41, 5.74) is 1.96. The molecule has 0 radical (unpaired) electrons. The molecule has 13 heteroatoms. The van der Waals surface area contributed by atoms with Gasteiger partial charge in [0.25, 0.3) is 5.91 Å². The van der Waals surface area contributed by atoms with Crippen molar-refractivity contribution in [2.45, 2.75) is 44.4 Å². The number of hydrogen-bond acceptors (Lipinski definition) is 11. The van der Waals surface area contributed by atoms with Crippen molar-refractivity contribution in [1.82, 2.24) is 10.2 Å². The maximum absolute atomic E-state index is 14.0. The number of carbonyl (C=O) groups excluding carboxylic acids is 4. The first-order valence-corrected chi connectivity index (χ1v) is 13.4. The summed E-state index contributed by atoms with van der Waals surface area (Å²) in [6, 6.07) is 1.51. The zero-order valence-electron chi connectivity index (χ0n) is 23.9. The SMILES string of the molecule is CC(C)=CCNCC(=O)Nc1ccc2c(c1O)C(O)=C1C(=O)C3(O)C(O)=C(C(N)=O)C(=O)[C@@H](N(C)C)C3C(O)C1C2C. The molecule has 0 bridgehead atoms. The maximum Gasteiger partial charge on any atom is 0.255 e. The number of likely N-dealkylation sites (N-methyl/N-ethyl adjacent to an activating group) is 1. The molecule has 9 N–H and O–H groups in total. The molecule has 4 rings (SSSR count). The highest BCUT2D eigenvalue weighted by Gasteiger charge is 2.68. The van der Waals surface area contributed by atoms with E-state index in [0.29, 0.717) is 12.1 Å². The quantitative estimate of drug-likeness (QED) is 0.0921. The molecule has 0 spiro atoms. The number of Topliss-reactive ketones (excluding diaryl/α,β-unsaturated/α-hetero) is 2. The third-order valence-electron chi connectivity index (χ3n) is 8.34. The van der Waals surface area contributed by atoms with E-state index in [1.165, 1.54) is 31.1 Å². The van der Waals surface area contributed by atoms with Crippen LogP contribution in [-0.2, 0) is 19.2 Å². The van der Waals surface area contributed by atoms with Crippen LogP contribution in [0.4, 0.5) is 5.69 Å². The monoisotopic (exact) mass is 584 g/mol. The highest BCUT2D eigenvalue weighted by Crippen LogP contribution is 2.56. The predicted molar refractivity (Wildman–Crippen MR) is 151 cm³/mol. The molecule has 5 unspecified atom stereocenters. The third kappa shape index (κ3) is 4.58. The topological polar surface area (TPSA) is 223 Å². The number of allylic oxidation sites excluding steroid dienone is 1. The summed E-state index contributed by atoms with van der Waals surface area (Å²) >= 11 is 0. The van der Waals surface area contributed by atoms with Gasteiger partial charge in [0.15, 0.2) is 11.4 Å². The van der Waals surface area contributed by atoms with Gasteiger partial charge in [-0.3, -0.25) is 24.1 Å². The molecule has 2 amide bonds. The first kappa shape index (κ1) is 30.9. The Kier molecular flexibility index (Phi) is 8.08. The molecule has 0 saturated heterocycles. The number of primary amides is 1. The second-order valence-corrected chi connectivity index (χ2v) is 11.4. The minimum Gasteiger partial charge on any atom is -0.508 e. The van der Waals surface area contributed by atoms with Gasteiger partial charge in [0, 0.05) is 18.0 Å². The molecule has 226 valence electrons. The predicted octanol–water partition coefficient (Wildman–Crippen LogP) is -0.00990. The molecular weight excluding hydrogens is 548 g/mol. The van der Waals surface area contributed by atoms with Crippen LogP contribution in [0, 0.1) is 11.8 Å². The van der Waals surface area contributed by atoms with Crippen molar-refractivity contribution in [3.63, 3.8) is 0 Å². The summed E-state index contributed by atoms with van der Waals surface area (Å²) in [6.07, 6.45) is 0.205. The van der Waals surface area contributed by atoms with Crippen LogP contribution in [0.3, 0.4) is 0 Å². The number of aromatic hydroxyl groups is 1. The van der Waals surface area contributed by atoms with E-state index in [0.717, 1.165) is 5.57 Å². The van der Waals surface area contributed by atoms with Crippen LogP contribution in [0.25, 0.3) is 5.76 Å². The molecule has 13 nitrogen and oxygen atoms in total. The molecule has 0 heterocycles. The minimum absolute atomic E-state index is 0.0596. The number of anilines is 1. The summed E-state index contributed by atoms with van der Waals surface area (Å²) in [6.45, 7) is 5.82. The molecule has 1 aromatic rings. The van der Waals surface area contributed by atoms with Crippen molar-refractivity contribution in [2.75, 3.05) is 32.5 Å². The lowest BCUT2D eigenvalue weighted by Crippen LogP contribution is -2.70. The highest BCUT2D eigenvalue weighted by molar-refractivity contribution is 6.24. The Bertz CT molecular complexity index is 1470. The second-order valence-electron chi connectivity index (χ2n) is 11.4. The van der Waals surface area contributed by atoms with Gasteiger partial charge in [0.2, 0.25) is 11.7 Å². The number of aliphatic hydroxyl groups is 4. The fraction of sp³-hybridized carbons (Fsp3) is 0.448. The molecule has 3 aliphatic rings. The van der Waals surface area contributed by atoms with Gasteiger partial charge in [0.1, 0.15) is 22.8 Å². The van der Waals surface area contributed by atoms with Crippen LogP contribution in [0.15, 0.2) is 40.7 Å². The highest BCUT2D eigenvalue weighted by atomic mass is 16.4. The van der Waals surface area contributed by atoms with Crippen molar-refractivity contribution in [3.8, 4) is 5.75 Å². The van der Waals surface area contributed by atoms with Gasteiger partial charge in [-0.1, -0.05) is 24.6 Å². The van der Waals surface area contributed by atoms with Crippen LogP contribution >= 0.6 is 0 Å². The molecule has 3 aliphatic carbocycles. The summed E-state index contributed by atoms with van der Waals surface area (Å²) in [4.78, 5) is 53.2. The standard InChI is InChI=1S/C29H36N4O9/c1-11(2)8-9-31-10-15(34)32-14-7-6-13-12(3)16-18(23(36)17(13)22(14)35)26(39)29(42)20(24(16)37)21(33(4)5)25(38)19(27(29)40)28(30)41/h6-8,12,16,20-21,24,31,35-37,40,42H,9-10H2,1-5H3,(H2,30,41)(H,32,34)/t12?,16?,20?,21-,24?,29?/m0/s1. The number of phenols is 1. The van der Waals surface area contributed by atoms with Crippen LogP contribution in [0.2, 0.25) is 0 Å². The number of ketones is 2. The van der Waals surface area contributed by atoms with Crippen molar-refractivity contribution in [3.05, 3.63) is 51.8 Å². The average Bonchev–Trinajstić information content (AvgIpc) is 2.89. The van der Waals surface area contributed by atoms with Crippen LogP contribution in [0.5, 0.6) is 5.75 Å². The number of hydrogen-bond donors (Lipinski definition) is 8. The smallest absolute Gasteiger partial charge is 0.255 e. The van der Waals surface area contributed by atoms with Gasteiger partial charge in [-0.15, -0.1) is 0 Å². The minimum atomic E-state index is -3.00. The number of fused-ring (bicyclic) bond motifs is 3. The summed E-state index contributed by atoms with van der Waals surface area (Å²) in [5, 5.41) is 62.3. The Labute approximate surface area is 242 Å². The van der Waals surface area contributed by atoms with E-state index in [2.05, 4.69) is 10.6 Å². The number of amides is 2. The van der Waals surface area contributed by atoms with E-state index in [-0.39, 0.29) is 17.8 Å². The number of benzene rings is 1. The molecule has 1 aromatic carbocycles. The van der Waals surface area contributed by atoms with Gasteiger partial charge < -0.3 is 41.9 Å². The lowest BCUT2D eigenvalue weighted by atomic mass is 9.54. The van der Waals surface area contributed by atoms with Crippen molar-refractivity contribution >= 4 is 34.8 Å². The van der Waals surface area contributed by atoms with Crippen LogP contribution < -0.4 is 16.4 Å². The number of rotatable bonds is 7. The molecule has 1 fully saturated rings. The van der Waals surface area contributed by atoms with E-state index in [9.17, 15) is 44.7 Å². The number of carbonyl (C=O) groups is 4. The number of nitrogens with two attached hydrogens (primary N) is 1. The summed E-state index contributed by atoms with van der Waals surface area (Å²) in [7, 11) is 2.88. The lowest BCUT2D eigenvalue weighted by molar-refractivity contribution is -0.169. The molecule has 42 heavy (non-hydrogen) atoms. The fourth-order valence-electron chi connectivity index (χ4n) is 6.37. The van der Waals surface area contributed by atoms with Crippen molar-refractivity contribution in [2.24, 2.45) is 17.6 Å². The number of nitrogens with zero attached hydrogens (tertiary/aromatic N) is 1. The normalized spacial score (nSPS) is 28.7. The van der Waals surface area contributed by atoms with Gasteiger partial charge in [0.05, 0.1) is 35.9 Å². The van der Waals surface area contributed by atoms with E-state index in [4.69, 9.17) is 5.73 Å². The zero-order valence-corrected chi connectivity index (χ0v) is 23.9. The largest absolute Gasteiger partial charge is 0.508 e. The van der Waals surface area contributed by atoms with E-state index in [1.54, 1.807) is 6.92 Å². The van der Waals surface area contributed by atoms with Crippen LogP contribution in [0.1, 0.15) is 37.8 Å². The number of phenolic OH excluding ortho intramolecular Hbond substituents is 1.